The first-order chi connectivity index (χ1) is 14.2. The van der Waals surface area contributed by atoms with Crippen LogP contribution in [0.2, 0.25) is 5.15 Å². The summed E-state index contributed by atoms with van der Waals surface area (Å²) in [6, 6.07) is 5.72. The molecular weight excluding hydrogens is 406 g/mol. The minimum atomic E-state index is -1.00. The summed E-state index contributed by atoms with van der Waals surface area (Å²) in [5.74, 6) is 1.09. The van der Waals surface area contributed by atoms with Gasteiger partial charge in [-0.3, -0.25) is 14.7 Å². The lowest BCUT2D eigenvalue weighted by molar-refractivity contribution is -0.152. The third-order valence-electron chi connectivity index (χ3n) is 5.72. The Kier molecular flexibility index (Phi) is 6.24. The number of aromatic nitrogens is 2. The molecule has 1 aliphatic rings. The van der Waals surface area contributed by atoms with E-state index < -0.39 is 11.0 Å². The van der Waals surface area contributed by atoms with Crippen molar-refractivity contribution < 1.29 is 19.0 Å². The Balaban J connectivity index is 2.08. The van der Waals surface area contributed by atoms with Crippen LogP contribution in [0.5, 0.6) is 11.5 Å². The van der Waals surface area contributed by atoms with Crippen LogP contribution in [-0.4, -0.2) is 48.2 Å². The average Bonchev–Trinajstić information content (AvgIpc) is 2.72. The topological polar surface area (TPSA) is 73.8 Å². The molecule has 2 heterocycles. The van der Waals surface area contributed by atoms with Crippen molar-refractivity contribution in [3.63, 3.8) is 0 Å². The van der Waals surface area contributed by atoms with E-state index in [0.29, 0.717) is 24.5 Å². The van der Waals surface area contributed by atoms with E-state index in [0.717, 1.165) is 17.1 Å². The van der Waals surface area contributed by atoms with Crippen LogP contribution in [0.1, 0.15) is 44.6 Å². The number of hydrogen-bond donors (Lipinski definition) is 0. The van der Waals surface area contributed by atoms with E-state index in [9.17, 15) is 4.79 Å². The summed E-state index contributed by atoms with van der Waals surface area (Å²) < 4.78 is 16.3. The van der Waals surface area contributed by atoms with Crippen molar-refractivity contribution >= 4 is 17.6 Å². The zero-order chi connectivity index (χ0) is 22.1. The van der Waals surface area contributed by atoms with Gasteiger partial charge < -0.3 is 14.2 Å². The predicted molar refractivity (Wildman–Crippen MR) is 114 cm³/mol. The molecule has 0 saturated heterocycles. The second-order valence-corrected chi connectivity index (χ2v) is 8.42. The van der Waals surface area contributed by atoms with E-state index in [1.165, 1.54) is 6.20 Å². The quantitative estimate of drug-likeness (QED) is 0.642. The summed E-state index contributed by atoms with van der Waals surface area (Å²) in [7, 11) is 3.25. The molecular formula is C22H28ClN3O4. The van der Waals surface area contributed by atoms with Crippen LogP contribution in [0.25, 0.3) is 0 Å². The van der Waals surface area contributed by atoms with Crippen LogP contribution in [0.4, 0.5) is 0 Å². The Labute approximate surface area is 182 Å². The largest absolute Gasteiger partial charge is 0.497 e. The maximum Gasteiger partial charge on any atom is 0.319 e. The number of hydrogen-bond acceptors (Lipinski definition) is 7. The summed E-state index contributed by atoms with van der Waals surface area (Å²) >= 11 is 6.15. The highest BCUT2D eigenvalue weighted by molar-refractivity contribution is 6.29. The second kappa shape index (κ2) is 8.40. The molecule has 0 saturated carbocycles. The number of benzene rings is 1. The van der Waals surface area contributed by atoms with Gasteiger partial charge in [0.05, 0.1) is 44.0 Å². The Hall–Kier alpha value is -2.38. The highest BCUT2D eigenvalue weighted by atomic mass is 35.5. The van der Waals surface area contributed by atoms with E-state index in [1.54, 1.807) is 21.1 Å². The monoisotopic (exact) mass is 433 g/mol. The molecule has 0 bridgehead atoms. The molecule has 3 rings (SSSR count). The number of rotatable bonds is 6. The zero-order valence-corrected chi connectivity index (χ0v) is 19.0. The van der Waals surface area contributed by atoms with Crippen LogP contribution in [0, 0.1) is 0 Å². The lowest BCUT2D eigenvalue weighted by Crippen LogP contribution is -2.57. The molecule has 0 fully saturated rings. The van der Waals surface area contributed by atoms with Gasteiger partial charge in [-0.2, -0.15) is 0 Å². The van der Waals surface area contributed by atoms with Crippen molar-refractivity contribution in [2.45, 2.75) is 45.2 Å². The fourth-order valence-corrected chi connectivity index (χ4v) is 4.03. The molecule has 1 aromatic heterocycles. The van der Waals surface area contributed by atoms with Crippen LogP contribution in [0.3, 0.4) is 0 Å². The molecule has 1 atom stereocenters. The van der Waals surface area contributed by atoms with Gasteiger partial charge in [0, 0.05) is 24.7 Å². The fourth-order valence-electron chi connectivity index (χ4n) is 3.90. The van der Waals surface area contributed by atoms with Crippen LogP contribution in [0.15, 0.2) is 24.4 Å². The highest BCUT2D eigenvalue weighted by Crippen LogP contribution is 2.43. The van der Waals surface area contributed by atoms with Crippen molar-refractivity contribution in [2.75, 3.05) is 27.4 Å². The Bertz CT molecular complexity index is 950. The third-order valence-corrected chi connectivity index (χ3v) is 5.91. The Morgan fingerprint density at radius 3 is 2.57 bits per heavy atom. The average molecular weight is 434 g/mol. The summed E-state index contributed by atoms with van der Waals surface area (Å²) in [6.45, 7) is 8.98. The number of ether oxygens (including phenoxy) is 3. The number of carbonyl (C=O) groups excluding carboxylic acids is 1. The standard InChI is InChI=1S/C22H28ClN3O4/c1-7-30-20(27)22(4)13-26(12-14-8-9-15(28-5)10-16(14)29-6)21(2,3)18-19(22)25-17(23)11-24-18/h8-11H,7,12-13H2,1-6H3. The number of fused-ring (bicyclic) bond motifs is 1. The third kappa shape index (κ3) is 3.84. The maximum atomic E-state index is 13.0. The van der Waals surface area contributed by atoms with E-state index in [-0.39, 0.29) is 17.7 Å². The first-order valence-electron chi connectivity index (χ1n) is 9.84. The minimum Gasteiger partial charge on any atom is -0.497 e. The van der Waals surface area contributed by atoms with Crippen LogP contribution in [-0.2, 0) is 27.0 Å². The van der Waals surface area contributed by atoms with Gasteiger partial charge in [-0.05, 0) is 33.8 Å². The first-order valence-corrected chi connectivity index (χ1v) is 10.2. The normalized spacial score (nSPS) is 20.4. The van der Waals surface area contributed by atoms with E-state index in [2.05, 4.69) is 28.7 Å². The van der Waals surface area contributed by atoms with Crippen molar-refractivity contribution in [2.24, 2.45) is 0 Å². The summed E-state index contributed by atoms with van der Waals surface area (Å²) in [5, 5.41) is 0.255. The number of carbonyl (C=O) groups is 1. The summed E-state index contributed by atoms with van der Waals surface area (Å²) in [5.41, 5.74) is 0.753. The first kappa shape index (κ1) is 22.3. The van der Waals surface area contributed by atoms with Gasteiger partial charge in [-0.1, -0.05) is 17.7 Å². The molecule has 0 spiro atoms. The molecule has 0 aliphatic carbocycles. The number of methoxy groups -OCH3 is 2. The van der Waals surface area contributed by atoms with E-state index in [4.69, 9.17) is 25.8 Å². The minimum absolute atomic E-state index is 0.255. The van der Waals surface area contributed by atoms with Gasteiger partial charge >= 0.3 is 5.97 Å². The molecule has 7 nitrogen and oxygen atoms in total. The number of nitrogens with zero attached hydrogens (tertiary/aromatic N) is 3. The Morgan fingerprint density at radius 1 is 1.20 bits per heavy atom. The smallest absolute Gasteiger partial charge is 0.319 e. The molecule has 0 amide bonds. The van der Waals surface area contributed by atoms with Crippen molar-refractivity contribution in [1.82, 2.24) is 14.9 Å². The van der Waals surface area contributed by atoms with Gasteiger partial charge in [0.25, 0.3) is 0 Å². The molecule has 30 heavy (non-hydrogen) atoms. The van der Waals surface area contributed by atoms with Crippen LogP contribution >= 0.6 is 11.6 Å². The number of halogens is 1. The molecule has 1 aliphatic heterocycles. The summed E-state index contributed by atoms with van der Waals surface area (Å²) in [4.78, 5) is 24.3. The van der Waals surface area contributed by atoms with Gasteiger partial charge in [0.2, 0.25) is 0 Å². The van der Waals surface area contributed by atoms with Gasteiger partial charge in [0.1, 0.15) is 22.1 Å². The van der Waals surface area contributed by atoms with Crippen molar-refractivity contribution in [1.29, 1.82) is 0 Å². The highest BCUT2D eigenvalue weighted by Gasteiger charge is 2.52. The zero-order valence-electron chi connectivity index (χ0n) is 18.3. The van der Waals surface area contributed by atoms with Crippen LogP contribution < -0.4 is 9.47 Å². The lowest BCUT2D eigenvalue weighted by atomic mass is 9.75. The lowest BCUT2D eigenvalue weighted by Gasteiger charge is -2.48. The van der Waals surface area contributed by atoms with Gasteiger partial charge in [-0.25, -0.2) is 4.98 Å². The molecule has 162 valence electrons. The molecule has 0 radical (unpaired) electrons. The second-order valence-electron chi connectivity index (χ2n) is 8.04. The molecule has 1 aromatic carbocycles. The summed E-state index contributed by atoms with van der Waals surface area (Å²) in [6.07, 6.45) is 1.52. The molecule has 0 N–H and O–H groups in total. The van der Waals surface area contributed by atoms with E-state index >= 15 is 0 Å². The predicted octanol–water partition coefficient (Wildman–Crippen LogP) is 3.72. The molecule has 2 aromatic rings. The Morgan fingerprint density at radius 2 is 1.93 bits per heavy atom. The molecule has 8 heteroatoms. The SMILES string of the molecule is CCOC(=O)C1(C)CN(Cc2ccc(OC)cc2OC)C(C)(C)c2ncc(Cl)nc21. The maximum absolute atomic E-state index is 13.0. The van der Waals surface area contributed by atoms with Gasteiger partial charge in [0.15, 0.2) is 0 Å². The van der Waals surface area contributed by atoms with Crippen molar-refractivity contribution in [3.05, 3.63) is 46.5 Å². The van der Waals surface area contributed by atoms with Gasteiger partial charge in [-0.15, -0.1) is 0 Å². The fraction of sp³-hybridized carbons (Fsp3) is 0.500. The van der Waals surface area contributed by atoms with Crippen molar-refractivity contribution in [3.8, 4) is 11.5 Å². The molecule has 1 unspecified atom stereocenters. The van der Waals surface area contributed by atoms with E-state index in [1.807, 2.05) is 25.1 Å². The number of esters is 1.